The number of carbonyl (C=O) groups is 1. The first-order valence-electron chi connectivity index (χ1n) is 11.1. The summed E-state index contributed by atoms with van der Waals surface area (Å²) in [7, 11) is 1.65. The van der Waals surface area contributed by atoms with Gasteiger partial charge in [-0.05, 0) is 68.3 Å². The molecule has 1 aromatic heterocycles. The minimum atomic E-state index is -0.0889. The number of benzene rings is 3. The van der Waals surface area contributed by atoms with E-state index in [-0.39, 0.29) is 5.91 Å². The highest BCUT2D eigenvalue weighted by Gasteiger charge is 2.13. The van der Waals surface area contributed by atoms with E-state index in [1.54, 1.807) is 7.11 Å². The summed E-state index contributed by atoms with van der Waals surface area (Å²) >= 11 is 0. The van der Waals surface area contributed by atoms with E-state index in [9.17, 15) is 4.79 Å². The molecule has 0 aliphatic rings. The average Bonchev–Trinajstić information content (AvgIpc) is 3.18. The maximum atomic E-state index is 12.8. The molecular weight excluding hydrogens is 414 g/mol. The molecule has 0 aliphatic carbocycles. The van der Waals surface area contributed by atoms with Gasteiger partial charge in [0.1, 0.15) is 17.3 Å². The van der Waals surface area contributed by atoms with Crippen molar-refractivity contribution in [2.75, 3.05) is 13.7 Å². The summed E-state index contributed by atoms with van der Waals surface area (Å²) in [6, 6.07) is 21.5. The van der Waals surface area contributed by atoms with Gasteiger partial charge in [0.25, 0.3) is 5.91 Å². The smallest absolute Gasteiger partial charge is 0.251 e. The normalized spacial score (nSPS) is 10.9. The van der Waals surface area contributed by atoms with Crippen molar-refractivity contribution in [2.45, 2.75) is 33.4 Å². The molecule has 33 heavy (non-hydrogen) atoms. The molecule has 0 saturated heterocycles. The maximum Gasteiger partial charge on any atom is 0.251 e. The van der Waals surface area contributed by atoms with Crippen LogP contribution in [0.1, 0.15) is 33.7 Å². The molecular formula is C27H29N3O3. The molecule has 170 valence electrons. The monoisotopic (exact) mass is 443 g/mol. The molecule has 0 atom stereocenters. The highest BCUT2D eigenvalue weighted by molar-refractivity contribution is 5.95. The maximum absolute atomic E-state index is 12.8. The molecule has 4 aromatic rings. The highest BCUT2D eigenvalue weighted by Crippen LogP contribution is 2.19. The number of carbonyl (C=O) groups excluding carboxylic acids is 1. The second-order valence-corrected chi connectivity index (χ2v) is 8.05. The first-order chi connectivity index (χ1) is 16.0. The van der Waals surface area contributed by atoms with Gasteiger partial charge in [0.2, 0.25) is 0 Å². The van der Waals surface area contributed by atoms with E-state index in [0.717, 1.165) is 52.4 Å². The molecule has 0 spiro atoms. The molecule has 1 amide bonds. The van der Waals surface area contributed by atoms with Crippen LogP contribution in [-0.4, -0.2) is 29.2 Å². The van der Waals surface area contributed by atoms with Crippen molar-refractivity contribution in [1.29, 1.82) is 0 Å². The predicted octanol–water partition coefficient (Wildman–Crippen LogP) is 5.06. The zero-order chi connectivity index (χ0) is 23.2. The summed E-state index contributed by atoms with van der Waals surface area (Å²) in [5.41, 5.74) is 4.78. The van der Waals surface area contributed by atoms with Gasteiger partial charge in [-0.2, -0.15) is 0 Å². The van der Waals surface area contributed by atoms with Crippen molar-refractivity contribution in [1.82, 2.24) is 14.9 Å². The Morgan fingerprint density at radius 2 is 1.76 bits per heavy atom. The second kappa shape index (κ2) is 10.2. The van der Waals surface area contributed by atoms with Crippen molar-refractivity contribution in [3.63, 3.8) is 0 Å². The summed E-state index contributed by atoms with van der Waals surface area (Å²) in [6.45, 7) is 5.66. The van der Waals surface area contributed by atoms with E-state index < -0.39 is 0 Å². The zero-order valence-corrected chi connectivity index (χ0v) is 19.3. The number of hydrogen-bond acceptors (Lipinski definition) is 4. The minimum Gasteiger partial charge on any atom is -0.497 e. The molecule has 0 aliphatic heterocycles. The lowest BCUT2D eigenvalue weighted by molar-refractivity contribution is 0.0949. The van der Waals surface area contributed by atoms with E-state index in [4.69, 9.17) is 14.5 Å². The average molecular weight is 444 g/mol. The lowest BCUT2D eigenvalue weighted by Crippen LogP contribution is -2.25. The van der Waals surface area contributed by atoms with E-state index in [1.165, 1.54) is 0 Å². The molecule has 6 heteroatoms. The van der Waals surface area contributed by atoms with E-state index in [0.29, 0.717) is 18.7 Å². The Kier molecular flexibility index (Phi) is 6.93. The molecule has 0 radical (unpaired) electrons. The van der Waals surface area contributed by atoms with Crippen molar-refractivity contribution in [2.24, 2.45) is 0 Å². The Bertz CT molecular complexity index is 1250. The number of aryl methyl sites for hydroxylation is 3. The summed E-state index contributed by atoms with van der Waals surface area (Å²) < 4.78 is 13.2. The Balaban J connectivity index is 1.42. The largest absolute Gasteiger partial charge is 0.497 e. The number of aromatic nitrogens is 2. The van der Waals surface area contributed by atoms with Gasteiger partial charge in [0.15, 0.2) is 0 Å². The van der Waals surface area contributed by atoms with Crippen molar-refractivity contribution in [3.8, 4) is 11.5 Å². The quantitative estimate of drug-likeness (QED) is 0.367. The lowest BCUT2D eigenvalue weighted by Gasteiger charge is -2.12. The molecule has 6 nitrogen and oxygen atoms in total. The number of methoxy groups -OCH3 is 1. The van der Waals surface area contributed by atoms with Crippen molar-refractivity contribution in [3.05, 3.63) is 89.2 Å². The van der Waals surface area contributed by atoms with Gasteiger partial charge < -0.3 is 19.4 Å². The van der Waals surface area contributed by atoms with Crippen LogP contribution in [0.25, 0.3) is 11.0 Å². The number of amides is 1. The first kappa shape index (κ1) is 22.4. The van der Waals surface area contributed by atoms with Crippen LogP contribution in [-0.2, 0) is 13.1 Å². The molecule has 4 rings (SSSR count). The van der Waals surface area contributed by atoms with Crippen LogP contribution in [0.4, 0.5) is 0 Å². The van der Waals surface area contributed by atoms with Crippen molar-refractivity contribution >= 4 is 16.9 Å². The molecule has 0 bridgehead atoms. The topological polar surface area (TPSA) is 65.4 Å². The SMILES string of the molecule is COc1ccc(OCCCn2c(CNC(=O)c3ccc(C)cc3C)nc3ccccc32)cc1. The van der Waals surface area contributed by atoms with Crippen LogP contribution < -0.4 is 14.8 Å². The van der Waals surface area contributed by atoms with Gasteiger partial charge in [-0.25, -0.2) is 4.98 Å². The summed E-state index contributed by atoms with van der Waals surface area (Å²) in [5.74, 6) is 2.36. The summed E-state index contributed by atoms with van der Waals surface area (Å²) in [4.78, 5) is 17.5. The summed E-state index contributed by atoms with van der Waals surface area (Å²) in [5, 5.41) is 3.04. The lowest BCUT2D eigenvalue weighted by atomic mass is 10.1. The van der Waals surface area contributed by atoms with Crippen LogP contribution >= 0.6 is 0 Å². The number of hydrogen-bond donors (Lipinski definition) is 1. The van der Waals surface area contributed by atoms with E-state index in [1.807, 2.05) is 74.5 Å². The number of nitrogens with one attached hydrogen (secondary N) is 1. The minimum absolute atomic E-state index is 0.0889. The number of ether oxygens (including phenoxy) is 2. The molecule has 1 heterocycles. The fourth-order valence-electron chi connectivity index (χ4n) is 3.92. The number of rotatable bonds is 9. The molecule has 0 unspecified atom stereocenters. The first-order valence-corrected chi connectivity index (χ1v) is 11.1. The summed E-state index contributed by atoms with van der Waals surface area (Å²) in [6.07, 6.45) is 0.810. The van der Waals surface area contributed by atoms with Gasteiger partial charge in [-0.1, -0.05) is 29.8 Å². The number of para-hydroxylation sites is 2. The molecule has 1 N–H and O–H groups in total. The van der Waals surface area contributed by atoms with Gasteiger partial charge >= 0.3 is 0 Å². The van der Waals surface area contributed by atoms with E-state index in [2.05, 4.69) is 16.0 Å². The van der Waals surface area contributed by atoms with Crippen LogP contribution in [0.5, 0.6) is 11.5 Å². The van der Waals surface area contributed by atoms with Crippen LogP contribution in [0.15, 0.2) is 66.7 Å². The predicted molar refractivity (Wildman–Crippen MR) is 130 cm³/mol. The Morgan fingerprint density at radius 1 is 1.00 bits per heavy atom. The Morgan fingerprint density at radius 3 is 2.52 bits per heavy atom. The van der Waals surface area contributed by atoms with Gasteiger partial charge in [0, 0.05) is 12.1 Å². The third kappa shape index (κ3) is 5.34. The van der Waals surface area contributed by atoms with Gasteiger partial charge in [-0.3, -0.25) is 4.79 Å². The standard InChI is InChI=1S/C27H29N3O3/c1-19-9-14-23(20(2)17-19)27(31)28-18-26-29-24-7-4-5-8-25(24)30(26)15-6-16-33-22-12-10-21(32-3)11-13-22/h4-5,7-14,17H,6,15-16,18H2,1-3H3,(H,28,31). The number of imidazole rings is 1. The van der Waals surface area contributed by atoms with Crippen LogP contribution in [0, 0.1) is 13.8 Å². The Hall–Kier alpha value is -3.80. The fraction of sp³-hybridized carbons (Fsp3) is 0.259. The third-order valence-corrected chi connectivity index (χ3v) is 5.62. The third-order valence-electron chi connectivity index (χ3n) is 5.62. The molecule has 0 fully saturated rings. The molecule has 3 aromatic carbocycles. The highest BCUT2D eigenvalue weighted by atomic mass is 16.5. The Labute approximate surface area is 194 Å². The second-order valence-electron chi connectivity index (χ2n) is 8.05. The fourth-order valence-corrected chi connectivity index (χ4v) is 3.92. The van der Waals surface area contributed by atoms with E-state index >= 15 is 0 Å². The van der Waals surface area contributed by atoms with Crippen molar-refractivity contribution < 1.29 is 14.3 Å². The van der Waals surface area contributed by atoms with Crippen LogP contribution in [0.3, 0.4) is 0 Å². The molecule has 0 saturated carbocycles. The number of nitrogens with zero attached hydrogens (tertiary/aromatic N) is 2. The zero-order valence-electron chi connectivity index (χ0n) is 19.3. The van der Waals surface area contributed by atoms with Crippen LogP contribution in [0.2, 0.25) is 0 Å². The van der Waals surface area contributed by atoms with Gasteiger partial charge in [0.05, 0.1) is 31.3 Å². The number of fused-ring (bicyclic) bond motifs is 1. The van der Waals surface area contributed by atoms with Gasteiger partial charge in [-0.15, -0.1) is 0 Å².